The Balaban J connectivity index is 2.12. The molecule has 1 heterocycles. The van der Waals surface area contributed by atoms with Gasteiger partial charge in [0.2, 0.25) is 12.7 Å². The van der Waals surface area contributed by atoms with E-state index in [9.17, 15) is 4.79 Å². The first kappa shape index (κ1) is 12.7. The Bertz CT molecular complexity index is 460. The Morgan fingerprint density at radius 3 is 2.78 bits per heavy atom. The number of rotatable bonds is 4. The van der Waals surface area contributed by atoms with Crippen LogP contribution in [0.3, 0.4) is 0 Å². The lowest BCUT2D eigenvalue weighted by atomic mass is 10.1. The summed E-state index contributed by atoms with van der Waals surface area (Å²) in [6.07, 6.45) is 0.676. The van der Waals surface area contributed by atoms with Gasteiger partial charge >= 0.3 is 0 Å². The van der Waals surface area contributed by atoms with Gasteiger partial charge in [-0.15, -0.1) is 0 Å². The average molecular weight is 250 g/mol. The second-order valence-corrected chi connectivity index (χ2v) is 4.49. The smallest absolute Gasteiger partial charge is 0.231 e. The Labute approximate surface area is 106 Å². The molecule has 1 amide bonds. The van der Waals surface area contributed by atoms with E-state index in [1.165, 1.54) is 0 Å². The molecule has 1 aromatic rings. The molecule has 0 spiro atoms. The number of aryl methyl sites for hydroxylation is 1. The molecule has 1 atom stereocenters. The van der Waals surface area contributed by atoms with Crippen LogP contribution in [0.1, 0.15) is 18.9 Å². The Hall–Kier alpha value is -1.75. The van der Waals surface area contributed by atoms with Crippen LogP contribution < -0.4 is 20.5 Å². The van der Waals surface area contributed by atoms with Crippen molar-refractivity contribution in [2.75, 3.05) is 18.7 Å². The molecule has 0 radical (unpaired) electrons. The van der Waals surface area contributed by atoms with Gasteiger partial charge in [0, 0.05) is 17.7 Å². The third-order valence-electron chi connectivity index (χ3n) is 3.02. The summed E-state index contributed by atoms with van der Waals surface area (Å²) in [7, 11) is 0. The highest BCUT2D eigenvalue weighted by Gasteiger charge is 2.18. The van der Waals surface area contributed by atoms with Crippen LogP contribution in [0.2, 0.25) is 0 Å². The fourth-order valence-corrected chi connectivity index (χ4v) is 1.82. The zero-order valence-corrected chi connectivity index (χ0v) is 10.7. The van der Waals surface area contributed by atoms with Gasteiger partial charge in [-0.2, -0.15) is 0 Å². The summed E-state index contributed by atoms with van der Waals surface area (Å²) in [6, 6.07) is 3.66. The summed E-state index contributed by atoms with van der Waals surface area (Å²) in [4.78, 5) is 11.9. The van der Waals surface area contributed by atoms with Crippen molar-refractivity contribution >= 4 is 11.6 Å². The molecule has 0 aliphatic carbocycles. The Morgan fingerprint density at radius 2 is 2.11 bits per heavy atom. The Morgan fingerprint density at radius 1 is 1.44 bits per heavy atom. The minimum atomic E-state index is -0.0974. The van der Waals surface area contributed by atoms with E-state index in [1.807, 2.05) is 19.9 Å². The molecule has 18 heavy (non-hydrogen) atoms. The van der Waals surface area contributed by atoms with Crippen LogP contribution in [-0.2, 0) is 4.79 Å². The number of nitrogens with two attached hydrogens (primary N) is 1. The number of ether oxygens (including phenoxy) is 2. The minimum absolute atomic E-state index is 0.0255. The maximum absolute atomic E-state index is 11.9. The van der Waals surface area contributed by atoms with E-state index in [0.29, 0.717) is 18.7 Å². The topological polar surface area (TPSA) is 73.6 Å². The quantitative estimate of drug-likeness (QED) is 0.852. The molecular formula is C13H18N2O3. The predicted molar refractivity (Wildman–Crippen MR) is 68.8 cm³/mol. The normalized spacial score (nSPS) is 14.4. The van der Waals surface area contributed by atoms with Gasteiger partial charge in [0.25, 0.3) is 0 Å². The molecule has 0 bridgehead atoms. The number of hydrogen-bond acceptors (Lipinski definition) is 4. The third-order valence-corrected chi connectivity index (χ3v) is 3.02. The van der Waals surface area contributed by atoms with Crippen LogP contribution in [0.15, 0.2) is 12.1 Å². The van der Waals surface area contributed by atoms with E-state index in [2.05, 4.69) is 5.32 Å². The lowest BCUT2D eigenvalue weighted by molar-refractivity contribution is -0.119. The van der Waals surface area contributed by atoms with Crippen LogP contribution in [0, 0.1) is 12.8 Å². The number of nitrogens with one attached hydrogen (secondary N) is 1. The number of hydrogen-bond donors (Lipinski definition) is 2. The first-order valence-electron chi connectivity index (χ1n) is 6.03. The van der Waals surface area contributed by atoms with Gasteiger partial charge in [-0.3, -0.25) is 4.79 Å². The molecule has 5 heteroatoms. The first-order valence-corrected chi connectivity index (χ1v) is 6.03. The second kappa shape index (κ2) is 5.27. The molecule has 3 N–H and O–H groups in total. The molecule has 1 unspecified atom stereocenters. The van der Waals surface area contributed by atoms with Crippen LogP contribution in [0.5, 0.6) is 11.5 Å². The zero-order chi connectivity index (χ0) is 13.1. The van der Waals surface area contributed by atoms with Gasteiger partial charge < -0.3 is 20.5 Å². The van der Waals surface area contributed by atoms with E-state index in [4.69, 9.17) is 15.2 Å². The lowest BCUT2D eigenvalue weighted by Crippen LogP contribution is -2.23. The van der Waals surface area contributed by atoms with Crippen molar-refractivity contribution in [1.29, 1.82) is 0 Å². The third kappa shape index (κ3) is 2.56. The molecule has 5 nitrogen and oxygen atoms in total. The number of benzene rings is 1. The molecule has 0 fully saturated rings. The van der Waals surface area contributed by atoms with Gasteiger partial charge in [0.1, 0.15) is 0 Å². The molecule has 0 aromatic heterocycles. The number of amides is 1. The first-order chi connectivity index (χ1) is 8.61. The zero-order valence-electron chi connectivity index (χ0n) is 10.7. The van der Waals surface area contributed by atoms with Crippen molar-refractivity contribution in [3.63, 3.8) is 0 Å². The summed E-state index contributed by atoms with van der Waals surface area (Å²) in [5, 5.41) is 2.89. The minimum Gasteiger partial charge on any atom is -0.454 e. The summed E-state index contributed by atoms with van der Waals surface area (Å²) in [5.41, 5.74) is 7.16. The summed E-state index contributed by atoms with van der Waals surface area (Å²) in [5.74, 6) is 1.27. The second-order valence-electron chi connectivity index (χ2n) is 4.49. The van der Waals surface area contributed by atoms with Crippen LogP contribution in [0.4, 0.5) is 5.69 Å². The van der Waals surface area contributed by atoms with Crippen molar-refractivity contribution < 1.29 is 14.3 Å². The predicted octanol–water partition coefficient (Wildman–Crippen LogP) is 1.65. The standard InChI is InChI=1S/C13H18N2O3/c1-8(3-4-14)13(16)15-10-6-12-11(5-9(10)2)17-7-18-12/h5-6,8H,3-4,7,14H2,1-2H3,(H,15,16). The highest BCUT2D eigenvalue weighted by atomic mass is 16.7. The highest BCUT2D eigenvalue weighted by Crippen LogP contribution is 2.36. The molecular weight excluding hydrogens is 232 g/mol. The van der Waals surface area contributed by atoms with Gasteiger partial charge in [0.05, 0.1) is 0 Å². The number of fused-ring (bicyclic) bond motifs is 1. The van der Waals surface area contributed by atoms with E-state index in [-0.39, 0.29) is 18.6 Å². The monoisotopic (exact) mass is 250 g/mol. The summed E-state index contributed by atoms with van der Waals surface area (Å²) >= 11 is 0. The van der Waals surface area contributed by atoms with Gasteiger partial charge in [-0.1, -0.05) is 6.92 Å². The van der Waals surface area contributed by atoms with Crippen molar-refractivity contribution in [3.8, 4) is 11.5 Å². The van der Waals surface area contributed by atoms with Crippen LogP contribution >= 0.6 is 0 Å². The van der Waals surface area contributed by atoms with E-state index in [0.717, 1.165) is 17.0 Å². The Kier molecular flexibility index (Phi) is 3.72. The molecule has 1 aliphatic rings. The van der Waals surface area contributed by atoms with Crippen molar-refractivity contribution in [3.05, 3.63) is 17.7 Å². The number of anilines is 1. The van der Waals surface area contributed by atoms with Crippen LogP contribution in [0.25, 0.3) is 0 Å². The molecule has 1 aliphatic heterocycles. The average Bonchev–Trinajstić information content (AvgIpc) is 2.76. The molecule has 2 rings (SSSR count). The summed E-state index contributed by atoms with van der Waals surface area (Å²) < 4.78 is 10.6. The van der Waals surface area contributed by atoms with Crippen LogP contribution in [-0.4, -0.2) is 19.2 Å². The van der Waals surface area contributed by atoms with E-state index >= 15 is 0 Å². The lowest BCUT2D eigenvalue weighted by Gasteiger charge is -2.13. The number of carbonyl (C=O) groups is 1. The van der Waals surface area contributed by atoms with Crippen molar-refractivity contribution in [2.24, 2.45) is 11.7 Å². The molecule has 98 valence electrons. The van der Waals surface area contributed by atoms with Crippen molar-refractivity contribution in [2.45, 2.75) is 20.3 Å². The largest absolute Gasteiger partial charge is 0.454 e. The van der Waals surface area contributed by atoms with Crippen molar-refractivity contribution in [1.82, 2.24) is 0 Å². The maximum Gasteiger partial charge on any atom is 0.231 e. The van der Waals surface area contributed by atoms with Gasteiger partial charge in [0.15, 0.2) is 11.5 Å². The maximum atomic E-state index is 11.9. The fraction of sp³-hybridized carbons (Fsp3) is 0.462. The van der Waals surface area contributed by atoms with Gasteiger partial charge in [-0.05, 0) is 31.5 Å². The fourth-order valence-electron chi connectivity index (χ4n) is 1.82. The van der Waals surface area contributed by atoms with E-state index < -0.39 is 0 Å². The molecule has 0 saturated heterocycles. The summed E-state index contributed by atoms with van der Waals surface area (Å²) in [6.45, 7) is 4.53. The molecule has 0 saturated carbocycles. The SMILES string of the molecule is Cc1cc2c(cc1NC(=O)C(C)CCN)OCO2. The van der Waals surface area contributed by atoms with E-state index in [1.54, 1.807) is 6.07 Å². The molecule has 1 aromatic carbocycles. The van der Waals surface area contributed by atoms with Gasteiger partial charge in [-0.25, -0.2) is 0 Å². The number of carbonyl (C=O) groups excluding carboxylic acids is 1. The highest BCUT2D eigenvalue weighted by molar-refractivity contribution is 5.93.